The SMILES string of the molecule is O=C(Nc1nn(Cc2ccc(Cl)c(Cl)c2)cc1Br)c1cccc(COc2ccccc2Cl)c1. The number of carbonyl (C=O) groups is 1. The van der Waals surface area contributed by atoms with Crippen molar-refractivity contribution in [3.8, 4) is 5.75 Å². The molecule has 0 unspecified atom stereocenters. The highest BCUT2D eigenvalue weighted by atomic mass is 79.9. The molecule has 0 radical (unpaired) electrons. The van der Waals surface area contributed by atoms with Gasteiger partial charge < -0.3 is 10.1 Å². The molecule has 0 saturated heterocycles. The average Bonchev–Trinajstić information content (AvgIpc) is 3.14. The Balaban J connectivity index is 1.42. The summed E-state index contributed by atoms with van der Waals surface area (Å²) in [6.45, 7) is 0.757. The maximum absolute atomic E-state index is 12.8. The van der Waals surface area contributed by atoms with Crippen LogP contribution in [0, 0.1) is 0 Å². The van der Waals surface area contributed by atoms with Crippen LogP contribution in [0.5, 0.6) is 5.75 Å². The first-order chi connectivity index (χ1) is 15.9. The molecule has 0 aliphatic heterocycles. The van der Waals surface area contributed by atoms with Gasteiger partial charge in [-0.2, -0.15) is 5.10 Å². The van der Waals surface area contributed by atoms with Gasteiger partial charge in [0, 0.05) is 11.8 Å². The summed E-state index contributed by atoms with van der Waals surface area (Å²) < 4.78 is 8.13. The number of carbonyl (C=O) groups excluding carboxylic acids is 1. The summed E-state index contributed by atoms with van der Waals surface area (Å²) in [4.78, 5) is 12.8. The fourth-order valence-electron chi connectivity index (χ4n) is 3.09. The monoisotopic (exact) mass is 563 g/mol. The zero-order chi connectivity index (χ0) is 23.4. The second kappa shape index (κ2) is 10.6. The normalized spacial score (nSPS) is 10.8. The van der Waals surface area contributed by atoms with E-state index in [2.05, 4.69) is 26.3 Å². The Labute approximate surface area is 214 Å². The molecule has 3 aromatic carbocycles. The number of rotatable bonds is 7. The van der Waals surface area contributed by atoms with Crippen molar-refractivity contribution in [3.63, 3.8) is 0 Å². The Morgan fingerprint density at radius 3 is 2.55 bits per heavy atom. The lowest BCUT2D eigenvalue weighted by Gasteiger charge is -2.09. The fraction of sp³-hybridized carbons (Fsp3) is 0.0833. The van der Waals surface area contributed by atoms with E-state index in [0.29, 0.717) is 43.2 Å². The number of para-hydroxylation sites is 1. The highest BCUT2D eigenvalue weighted by Crippen LogP contribution is 2.26. The number of ether oxygens (including phenoxy) is 1. The Hall–Kier alpha value is -2.51. The molecule has 0 fully saturated rings. The summed E-state index contributed by atoms with van der Waals surface area (Å²) >= 11 is 21.6. The number of amides is 1. The van der Waals surface area contributed by atoms with Crippen LogP contribution in [0.1, 0.15) is 21.5 Å². The molecular weight excluding hydrogens is 549 g/mol. The van der Waals surface area contributed by atoms with Crippen LogP contribution in [-0.4, -0.2) is 15.7 Å². The summed E-state index contributed by atoms with van der Waals surface area (Å²) in [7, 11) is 0. The van der Waals surface area contributed by atoms with E-state index < -0.39 is 0 Å². The van der Waals surface area contributed by atoms with E-state index in [1.807, 2.05) is 24.3 Å². The van der Waals surface area contributed by atoms with Gasteiger partial charge in [0.1, 0.15) is 12.4 Å². The molecule has 4 aromatic rings. The summed E-state index contributed by atoms with van der Waals surface area (Å²) in [5.41, 5.74) is 2.26. The van der Waals surface area contributed by atoms with E-state index >= 15 is 0 Å². The van der Waals surface area contributed by atoms with Gasteiger partial charge in [0.25, 0.3) is 5.91 Å². The second-order valence-corrected chi connectivity index (χ2v) is 9.22. The number of aromatic nitrogens is 2. The molecule has 0 atom stereocenters. The van der Waals surface area contributed by atoms with Crippen molar-refractivity contribution in [1.82, 2.24) is 9.78 Å². The highest BCUT2D eigenvalue weighted by molar-refractivity contribution is 9.10. The minimum Gasteiger partial charge on any atom is -0.487 e. The quantitative estimate of drug-likeness (QED) is 0.253. The van der Waals surface area contributed by atoms with Crippen LogP contribution < -0.4 is 10.1 Å². The van der Waals surface area contributed by atoms with Crippen molar-refractivity contribution in [2.75, 3.05) is 5.32 Å². The summed E-state index contributed by atoms with van der Waals surface area (Å²) in [5.74, 6) is 0.721. The predicted octanol–water partition coefficient (Wildman–Crippen LogP) is 7.49. The van der Waals surface area contributed by atoms with E-state index in [9.17, 15) is 4.79 Å². The van der Waals surface area contributed by atoms with Gasteiger partial charge in [0.05, 0.1) is 26.1 Å². The summed E-state index contributed by atoms with van der Waals surface area (Å²) in [6, 6.07) is 19.8. The number of nitrogens with one attached hydrogen (secondary N) is 1. The van der Waals surface area contributed by atoms with Crippen LogP contribution in [0.4, 0.5) is 5.82 Å². The van der Waals surface area contributed by atoms with Crippen LogP contribution in [-0.2, 0) is 13.2 Å². The van der Waals surface area contributed by atoms with Gasteiger partial charge in [-0.05, 0) is 63.5 Å². The topological polar surface area (TPSA) is 56.2 Å². The molecule has 0 spiro atoms. The number of nitrogens with zero attached hydrogens (tertiary/aromatic N) is 2. The smallest absolute Gasteiger partial charge is 0.256 e. The standard InChI is InChI=1S/C24H17BrCl3N3O2/c25-18-13-31(12-15-8-9-19(26)21(28)11-15)30-23(18)29-24(32)17-5-3-4-16(10-17)14-33-22-7-2-1-6-20(22)27/h1-11,13H,12,14H2,(H,29,30,32). The minimum absolute atomic E-state index is 0.282. The van der Waals surface area contributed by atoms with Crippen LogP contribution in [0.3, 0.4) is 0 Å². The molecule has 4 rings (SSSR count). The molecule has 9 heteroatoms. The Kier molecular flexibility index (Phi) is 7.60. The molecule has 0 bridgehead atoms. The molecule has 33 heavy (non-hydrogen) atoms. The number of benzene rings is 3. The van der Waals surface area contributed by atoms with Crippen LogP contribution in [0.25, 0.3) is 0 Å². The largest absolute Gasteiger partial charge is 0.487 e. The number of hydrogen-bond acceptors (Lipinski definition) is 3. The molecule has 0 saturated carbocycles. The molecule has 1 heterocycles. The molecule has 1 N–H and O–H groups in total. The third-order valence-electron chi connectivity index (χ3n) is 4.70. The lowest BCUT2D eigenvalue weighted by Crippen LogP contribution is -2.13. The molecule has 5 nitrogen and oxygen atoms in total. The first-order valence-corrected chi connectivity index (χ1v) is 11.8. The average molecular weight is 566 g/mol. The molecule has 0 aliphatic rings. The van der Waals surface area contributed by atoms with Gasteiger partial charge in [-0.15, -0.1) is 0 Å². The van der Waals surface area contributed by atoms with Crippen LogP contribution in [0.2, 0.25) is 15.1 Å². The Morgan fingerprint density at radius 2 is 1.76 bits per heavy atom. The second-order valence-electron chi connectivity index (χ2n) is 7.15. The summed E-state index contributed by atoms with van der Waals surface area (Å²) in [6.07, 6.45) is 1.78. The van der Waals surface area contributed by atoms with E-state index in [0.717, 1.165) is 11.1 Å². The van der Waals surface area contributed by atoms with E-state index in [1.165, 1.54) is 0 Å². The van der Waals surface area contributed by atoms with Crippen molar-refractivity contribution in [2.24, 2.45) is 0 Å². The zero-order valence-electron chi connectivity index (χ0n) is 17.1. The Bertz CT molecular complexity index is 1310. The predicted molar refractivity (Wildman–Crippen MR) is 136 cm³/mol. The van der Waals surface area contributed by atoms with Crippen molar-refractivity contribution < 1.29 is 9.53 Å². The molecule has 1 amide bonds. The van der Waals surface area contributed by atoms with Crippen LogP contribution >= 0.6 is 50.7 Å². The van der Waals surface area contributed by atoms with Gasteiger partial charge in [0.2, 0.25) is 0 Å². The molecule has 1 aromatic heterocycles. The van der Waals surface area contributed by atoms with Crippen molar-refractivity contribution >= 4 is 62.5 Å². The minimum atomic E-state index is -0.282. The third kappa shape index (κ3) is 6.09. The van der Waals surface area contributed by atoms with Gasteiger partial charge in [0.15, 0.2) is 5.82 Å². The molecule has 168 valence electrons. The van der Waals surface area contributed by atoms with Gasteiger partial charge >= 0.3 is 0 Å². The lowest BCUT2D eigenvalue weighted by atomic mass is 10.1. The highest BCUT2D eigenvalue weighted by Gasteiger charge is 2.13. The zero-order valence-corrected chi connectivity index (χ0v) is 20.9. The van der Waals surface area contributed by atoms with Crippen molar-refractivity contribution in [1.29, 1.82) is 0 Å². The van der Waals surface area contributed by atoms with Crippen molar-refractivity contribution in [2.45, 2.75) is 13.2 Å². The first-order valence-electron chi connectivity index (χ1n) is 9.83. The number of hydrogen-bond donors (Lipinski definition) is 1. The van der Waals surface area contributed by atoms with E-state index in [-0.39, 0.29) is 12.5 Å². The van der Waals surface area contributed by atoms with Crippen molar-refractivity contribution in [3.05, 3.63) is 109 Å². The van der Waals surface area contributed by atoms with Crippen LogP contribution in [0.15, 0.2) is 77.4 Å². The van der Waals surface area contributed by atoms with Gasteiger partial charge in [-0.3, -0.25) is 9.48 Å². The first kappa shape index (κ1) is 23.6. The maximum atomic E-state index is 12.8. The fourth-order valence-corrected chi connectivity index (χ4v) is 4.02. The molecular formula is C24H17BrCl3N3O2. The van der Waals surface area contributed by atoms with E-state index in [1.54, 1.807) is 53.3 Å². The maximum Gasteiger partial charge on any atom is 0.256 e. The Morgan fingerprint density at radius 1 is 0.939 bits per heavy atom. The molecule has 0 aliphatic carbocycles. The third-order valence-corrected chi connectivity index (χ3v) is 6.33. The number of anilines is 1. The number of halogens is 4. The van der Waals surface area contributed by atoms with E-state index in [4.69, 9.17) is 39.5 Å². The summed E-state index contributed by atoms with van der Waals surface area (Å²) in [5, 5.41) is 8.80. The van der Waals surface area contributed by atoms with Gasteiger partial charge in [-0.25, -0.2) is 0 Å². The lowest BCUT2D eigenvalue weighted by molar-refractivity contribution is 0.102. The van der Waals surface area contributed by atoms with Gasteiger partial charge in [-0.1, -0.05) is 65.1 Å².